The van der Waals surface area contributed by atoms with Gasteiger partial charge >= 0.3 is 12.1 Å². The second kappa shape index (κ2) is 5.80. The molecule has 0 aliphatic rings. The predicted octanol–water partition coefficient (Wildman–Crippen LogP) is 1.47. The Morgan fingerprint density at radius 3 is 2.48 bits per heavy atom. The molecule has 0 amide bonds. The summed E-state index contributed by atoms with van der Waals surface area (Å²) < 4.78 is 67.5. The van der Waals surface area contributed by atoms with E-state index in [1.165, 1.54) is 6.92 Å². The molecule has 0 radical (unpaired) electrons. The second-order valence-corrected chi connectivity index (χ2v) is 6.84. The van der Waals surface area contributed by atoms with Crippen molar-refractivity contribution in [3.05, 3.63) is 29.2 Å². The number of carbonyl (C=O) groups excluding carboxylic acids is 1. The van der Waals surface area contributed by atoms with E-state index in [1.807, 2.05) is 0 Å². The zero-order valence-electron chi connectivity index (χ0n) is 12.1. The Bertz CT molecular complexity index is 858. The summed E-state index contributed by atoms with van der Waals surface area (Å²) in [6, 6.07) is 1.59. The van der Waals surface area contributed by atoms with Crippen molar-refractivity contribution in [2.75, 3.05) is 12.9 Å². The van der Waals surface area contributed by atoms with Crippen LogP contribution in [-0.2, 0) is 26.5 Å². The summed E-state index contributed by atoms with van der Waals surface area (Å²) in [5, 5.41) is 7.01. The minimum absolute atomic E-state index is 0.0242. The van der Waals surface area contributed by atoms with E-state index in [2.05, 4.69) is 10.2 Å². The van der Waals surface area contributed by atoms with E-state index >= 15 is 0 Å². The van der Waals surface area contributed by atoms with E-state index in [-0.39, 0.29) is 12.2 Å². The van der Waals surface area contributed by atoms with Crippen LogP contribution in [-0.4, -0.2) is 41.8 Å². The Labute approximate surface area is 129 Å². The third-order valence-corrected chi connectivity index (χ3v) is 3.58. The van der Waals surface area contributed by atoms with Crippen molar-refractivity contribution in [3.63, 3.8) is 0 Å². The molecule has 2 aromatic heterocycles. The number of esters is 1. The molecule has 0 bridgehead atoms. The first kappa shape index (κ1) is 17.2. The first-order chi connectivity index (χ1) is 10.5. The van der Waals surface area contributed by atoms with Crippen molar-refractivity contribution in [3.8, 4) is 0 Å². The topological polar surface area (TPSA) is 90.6 Å². The molecular formula is C12H12F3N3O4S. The maximum Gasteiger partial charge on any atom is 0.431 e. The van der Waals surface area contributed by atoms with Crippen molar-refractivity contribution >= 4 is 21.5 Å². The molecule has 0 unspecified atom stereocenters. The molecule has 0 fully saturated rings. The van der Waals surface area contributed by atoms with Gasteiger partial charge in [0.15, 0.2) is 21.3 Å². The number of rotatable bonds is 4. The Morgan fingerprint density at radius 2 is 1.96 bits per heavy atom. The number of hydrogen-bond acceptors (Lipinski definition) is 6. The Hall–Kier alpha value is -2.17. The lowest BCUT2D eigenvalue weighted by Gasteiger charge is -2.12. The lowest BCUT2D eigenvalue weighted by atomic mass is 10.2. The first-order valence-electron chi connectivity index (χ1n) is 6.33. The van der Waals surface area contributed by atoms with E-state index < -0.39 is 44.9 Å². The van der Waals surface area contributed by atoms with Crippen molar-refractivity contribution in [2.45, 2.75) is 18.9 Å². The second-order valence-electron chi connectivity index (χ2n) is 4.70. The van der Waals surface area contributed by atoms with Crippen molar-refractivity contribution < 1.29 is 31.1 Å². The van der Waals surface area contributed by atoms with Crippen LogP contribution in [0.25, 0.3) is 5.65 Å². The normalized spacial score (nSPS) is 12.6. The maximum atomic E-state index is 13.1. The first-order valence-corrected chi connectivity index (χ1v) is 8.39. The molecule has 0 aromatic carbocycles. The largest absolute Gasteiger partial charge is 0.462 e. The van der Waals surface area contributed by atoms with Gasteiger partial charge in [0.05, 0.1) is 6.61 Å². The third-order valence-electron chi connectivity index (χ3n) is 2.80. The highest BCUT2D eigenvalue weighted by Crippen LogP contribution is 2.31. The molecule has 0 aliphatic carbocycles. The van der Waals surface area contributed by atoms with E-state index in [0.717, 1.165) is 12.3 Å². The number of aromatic nitrogens is 3. The number of halogens is 3. The van der Waals surface area contributed by atoms with Gasteiger partial charge in [-0.05, 0) is 19.1 Å². The highest BCUT2D eigenvalue weighted by molar-refractivity contribution is 7.89. The summed E-state index contributed by atoms with van der Waals surface area (Å²) >= 11 is 0. The standard InChI is InChI=1S/C12H12F3N3O4S/c1-3-22-11(19)7-4-5-8(12(13,14)15)18-9(6-23(2,20)21)16-17-10(7)18/h4-5H,3,6H2,1-2H3. The highest BCUT2D eigenvalue weighted by Gasteiger charge is 2.36. The average Bonchev–Trinajstić information content (AvgIpc) is 2.78. The maximum absolute atomic E-state index is 13.1. The number of nitrogens with zero attached hydrogens (tertiary/aromatic N) is 3. The number of pyridine rings is 1. The van der Waals surface area contributed by atoms with Gasteiger partial charge in [-0.3, -0.25) is 4.40 Å². The van der Waals surface area contributed by atoms with E-state index in [1.54, 1.807) is 0 Å². The minimum atomic E-state index is -4.78. The predicted molar refractivity (Wildman–Crippen MR) is 72.5 cm³/mol. The van der Waals surface area contributed by atoms with Crippen LogP contribution in [0.5, 0.6) is 0 Å². The Morgan fingerprint density at radius 1 is 1.30 bits per heavy atom. The van der Waals surface area contributed by atoms with Crippen LogP contribution in [0.3, 0.4) is 0 Å². The van der Waals surface area contributed by atoms with Crippen molar-refractivity contribution in [2.24, 2.45) is 0 Å². The molecule has 0 saturated carbocycles. The van der Waals surface area contributed by atoms with Gasteiger partial charge in [-0.25, -0.2) is 13.2 Å². The third kappa shape index (κ3) is 3.60. The highest BCUT2D eigenvalue weighted by atomic mass is 32.2. The van der Waals surface area contributed by atoms with Crippen LogP contribution < -0.4 is 0 Å². The molecule has 7 nitrogen and oxygen atoms in total. The van der Waals surface area contributed by atoms with E-state index in [9.17, 15) is 26.4 Å². The van der Waals surface area contributed by atoms with Gasteiger partial charge < -0.3 is 4.74 Å². The molecule has 0 aliphatic heterocycles. The van der Waals surface area contributed by atoms with Gasteiger partial charge in [0.2, 0.25) is 0 Å². The van der Waals surface area contributed by atoms with Crippen LogP contribution in [0.15, 0.2) is 12.1 Å². The fourth-order valence-electron chi connectivity index (χ4n) is 1.97. The van der Waals surface area contributed by atoms with Gasteiger partial charge in [0.1, 0.15) is 17.0 Å². The lowest BCUT2D eigenvalue weighted by molar-refractivity contribution is -0.142. The molecule has 126 valence electrons. The summed E-state index contributed by atoms with van der Waals surface area (Å²) in [6.07, 6.45) is -3.92. The fourth-order valence-corrected chi connectivity index (χ4v) is 2.63. The molecule has 23 heavy (non-hydrogen) atoms. The van der Waals surface area contributed by atoms with Gasteiger partial charge in [-0.2, -0.15) is 13.2 Å². The van der Waals surface area contributed by atoms with Crippen LogP contribution in [0.4, 0.5) is 13.2 Å². The van der Waals surface area contributed by atoms with Crippen LogP contribution in [0.1, 0.15) is 28.8 Å². The van der Waals surface area contributed by atoms with Crippen LogP contribution >= 0.6 is 0 Å². The fraction of sp³-hybridized carbons (Fsp3) is 0.417. The molecule has 0 saturated heterocycles. The summed E-state index contributed by atoms with van der Waals surface area (Å²) in [5.74, 6) is -2.05. The van der Waals surface area contributed by atoms with Crippen molar-refractivity contribution in [1.29, 1.82) is 0 Å². The number of alkyl halides is 3. The molecule has 0 N–H and O–H groups in total. The monoisotopic (exact) mass is 351 g/mol. The Balaban J connectivity index is 2.76. The van der Waals surface area contributed by atoms with E-state index in [0.29, 0.717) is 10.5 Å². The lowest BCUT2D eigenvalue weighted by Crippen LogP contribution is -2.17. The van der Waals surface area contributed by atoms with Gasteiger partial charge in [0.25, 0.3) is 0 Å². The zero-order valence-corrected chi connectivity index (χ0v) is 12.9. The smallest absolute Gasteiger partial charge is 0.431 e. The molecule has 11 heteroatoms. The van der Waals surface area contributed by atoms with Gasteiger partial charge in [-0.1, -0.05) is 0 Å². The average molecular weight is 351 g/mol. The summed E-state index contributed by atoms with van der Waals surface area (Å²) in [7, 11) is -3.65. The summed E-state index contributed by atoms with van der Waals surface area (Å²) in [5.41, 5.74) is -1.81. The number of ether oxygens (including phenoxy) is 1. The molecular weight excluding hydrogens is 339 g/mol. The SMILES string of the molecule is CCOC(=O)c1ccc(C(F)(F)F)n2c(CS(C)(=O)=O)nnc12. The molecule has 2 aromatic rings. The number of carbonyl (C=O) groups is 1. The van der Waals surface area contributed by atoms with E-state index in [4.69, 9.17) is 4.74 Å². The number of sulfone groups is 1. The quantitative estimate of drug-likeness (QED) is 0.775. The van der Waals surface area contributed by atoms with Crippen LogP contribution in [0, 0.1) is 0 Å². The van der Waals surface area contributed by atoms with Crippen LogP contribution in [0.2, 0.25) is 0 Å². The molecule has 2 heterocycles. The summed E-state index contributed by atoms with van der Waals surface area (Å²) in [6.45, 7) is 1.56. The summed E-state index contributed by atoms with van der Waals surface area (Å²) in [4.78, 5) is 11.8. The number of hydrogen-bond donors (Lipinski definition) is 0. The van der Waals surface area contributed by atoms with Crippen molar-refractivity contribution in [1.82, 2.24) is 14.6 Å². The zero-order chi connectivity index (χ0) is 17.4. The molecule has 0 spiro atoms. The van der Waals surface area contributed by atoms with Gasteiger partial charge in [-0.15, -0.1) is 10.2 Å². The Kier molecular flexibility index (Phi) is 4.33. The minimum Gasteiger partial charge on any atom is -0.462 e. The molecule has 2 rings (SSSR count). The van der Waals surface area contributed by atoms with Gasteiger partial charge in [0, 0.05) is 6.26 Å². The molecule has 0 atom stereocenters. The number of fused-ring (bicyclic) bond motifs is 1.